The first kappa shape index (κ1) is 23.7. The summed E-state index contributed by atoms with van der Waals surface area (Å²) in [6.45, 7) is 1.46. The first-order chi connectivity index (χ1) is 18.8. The topological polar surface area (TPSA) is 122 Å². The van der Waals surface area contributed by atoms with E-state index in [1.54, 1.807) is 24.3 Å². The highest BCUT2D eigenvalue weighted by atomic mass is 32.1. The van der Waals surface area contributed by atoms with E-state index in [0.717, 1.165) is 10.9 Å². The molecule has 4 aromatic rings. The molecule has 4 heterocycles. The molecule has 0 unspecified atom stereocenters. The summed E-state index contributed by atoms with van der Waals surface area (Å²) in [6, 6.07) is 14.3. The highest BCUT2D eigenvalue weighted by Crippen LogP contribution is 2.64. The van der Waals surface area contributed by atoms with Crippen LogP contribution in [0.2, 0.25) is 0 Å². The molecule has 1 saturated carbocycles. The first-order valence-corrected chi connectivity index (χ1v) is 13.2. The molecule has 0 amide bonds. The number of carbonyl (C=O) groups is 2. The summed E-state index contributed by atoms with van der Waals surface area (Å²) in [5.74, 6) is -3.82. The highest BCUT2D eigenvalue weighted by molar-refractivity contribution is 7.10. The zero-order valence-corrected chi connectivity index (χ0v) is 21.1. The number of Topliss-reactive ketones (excluding diaryl/α,β-unsaturated/α-hetero) is 1. The third-order valence-corrected chi connectivity index (χ3v) is 9.07. The number of fused-ring (bicyclic) bond motifs is 4. The molecule has 11 heteroatoms. The van der Waals surface area contributed by atoms with Crippen LogP contribution in [0, 0.1) is 28.8 Å². The fourth-order valence-corrected chi connectivity index (χ4v) is 7.57. The maximum Gasteiger partial charge on any atom is 0.334 e. The van der Waals surface area contributed by atoms with E-state index < -0.39 is 51.8 Å². The highest BCUT2D eigenvalue weighted by Gasteiger charge is 2.67. The molecule has 2 aromatic heterocycles. The molecule has 5 atom stereocenters. The van der Waals surface area contributed by atoms with Crippen LogP contribution < -0.4 is 9.47 Å². The molecule has 0 radical (unpaired) electrons. The quantitative estimate of drug-likeness (QED) is 0.143. The Labute approximate surface area is 224 Å². The lowest BCUT2D eigenvalue weighted by Gasteiger charge is -2.50. The third kappa shape index (κ3) is 3.19. The van der Waals surface area contributed by atoms with Gasteiger partial charge in [-0.2, -0.15) is 0 Å². The Kier molecular flexibility index (Phi) is 5.05. The number of benzene rings is 2. The molecule has 0 bridgehead atoms. The van der Waals surface area contributed by atoms with Gasteiger partial charge in [0, 0.05) is 16.4 Å². The number of hydrogen-bond donors (Lipinski definition) is 0. The van der Waals surface area contributed by atoms with E-state index in [0.29, 0.717) is 11.3 Å². The molecular formula is C28H19FN2O7S. The van der Waals surface area contributed by atoms with E-state index in [4.69, 9.17) is 14.0 Å². The average molecular weight is 547 g/mol. The van der Waals surface area contributed by atoms with E-state index in [9.17, 15) is 24.1 Å². The fourth-order valence-electron chi connectivity index (χ4n) is 6.60. The molecule has 2 aliphatic heterocycles. The van der Waals surface area contributed by atoms with Crippen LogP contribution in [0.3, 0.4) is 0 Å². The lowest BCUT2D eigenvalue weighted by Crippen LogP contribution is -2.57. The molecule has 0 saturated heterocycles. The Morgan fingerprint density at radius 3 is 2.72 bits per heavy atom. The summed E-state index contributed by atoms with van der Waals surface area (Å²) in [4.78, 5) is 40.4. The number of carbonyl (C=O) groups excluding carboxylic acids is 2. The monoisotopic (exact) mass is 546 g/mol. The first-order valence-electron chi connectivity index (χ1n) is 12.3. The van der Waals surface area contributed by atoms with Gasteiger partial charge in [-0.05, 0) is 49.1 Å². The van der Waals surface area contributed by atoms with E-state index in [-0.39, 0.29) is 34.9 Å². The normalized spacial score (nSPS) is 26.9. The van der Waals surface area contributed by atoms with Gasteiger partial charge in [-0.25, -0.2) is 4.39 Å². The van der Waals surface area contributed by atoms with Crippen LogP contribution in [-0.2, 0) is 10.2 Å². The number of ketones is 1. The molecule has 1 fully saturated rings. The standard InChI is InChI=1S/C28H19FN2O7S/c1-13-23(31(34)35)26(38-30-13)21-22(20-7-4-10-39-20)28(17-5-2-3-6-19(17)37-27(28)33)12-16-24(32)15-11-14(29)8-9-18(15)36-25(16)21/h2-11,16,21-22,25H,12H2,1H3/t16-,21-,22-,25-,28-/m1/s1. The Hall–Kier alpha value is -4.38. The predicted molar refractivity (Wildman–Crippen MR) is 135 cm³/mol. The van der Waals surface area contributed by atoms with Gasteiger partial charge in [0.25, 0.3) is 0 Å². The summed E-state index contributed by atoms with van der Waals surface area (Å²) >= 11 is 1.38. The molecule has 9 nitrogen and oxygen atoms in total. The van der Waals surface area contributed by atoms with E-state index in [1.807, 2.05) is 17.5 Å². The number of rotatable bonds is 3. The zero-order chi connectivity index (χ0) is 27.1. The summed E-state index contributed by atoms with van der Waals surface area (Å²) in [7, 11) is 0. The van der Waals surface area contributed by atoms with Crippen molar-refractivity contribution in [2.45, 2.75) is 36.7 Å². The molecule has 2 aromatic carbocycles. The molecule has 1 spiro atoms. The minimum atomic E-state index is -1.40. The smallest absolute Gasteiger partial charge is 0.334 e. The van der Waals surface area contributed by atoms with E-state index in [2.05, 4.69) is 5.16 Å². The fraction of sp³-hybridized carbons (Fsp3) is 0.250. The number of nitro groups is 1. The van der Waals surface area contributed by atoms with Gasteiger partial charge < -0.3 is 14.0 Å². The molecular weight excluding hydrogens is 527 g/mol. The van der Waals surface area contributed by atoms with Crippen molar-refractivity contribution in [3.63, 3.8) is 0 Å². The van der Waals surface area contributed by atoms with Crippen molar-refractivity contribution < 1.29 is 32.9 Å². The number of thiophene rings is 1. The number of halogens is 1. The average Bonchev–Trinajstić information content (AvgIpc) is 3.64. The van der Waals surface area contributed by atoms with Gasteiger partial charge in [0.1, 0.15) is 28.8 Å². The van der Waals surface area contributed by atoms with Crippen molar-refractivity contribution in [3.05, 3.63) is 103 Å². The lowest BCUT2D eigenvalue weighted by molar-refractivity contribution is -0.387. The SMILES string of the molecule is Cc1noc([C@H]2[C@@H]3Oc4ccc(F)cc4C(=O)[C@H]3C[C@]3(C(=O)Oc4ccccc43)[C@@H]2c2cccs2)c1[N+](=O)[O-]. The maximum atomic E-state index is 14.2. The van der Waals surface area contributed by atoms with Gasteiger partial charge in [0.2, 0.25) is 5.76 Å². The van der Waals surface area contributed by atoms with Crippen molar-refractivity contribution in [3.8, 4) is 11.5 Å². The Balaban J connectivity index is 1.55. The van der Waals surface area contributed by atoms with Crippen LogP contribution in [0.5, 0.6) is 11.5 Å². The number of aryl methyl sites for hydroxylation is 1. The summed E-state index contributed by atoms with van der Waals surface area (Å²) < 4.78 is 32.0. The number of nitrogens with zero attached hydrogens (tertiary/aromatic N) is 2. The van der Waals surface area contributed by atoms with Gasteiger partial charge in [-0.3, -0.25) is 19.7 Å². The second-order valence-electron chi connectivity index (χ2n) is 10.0. The molecule has 1 aliphatic carbocycles. The van der Waals surface area contributed by atoms with E-state index in [1.165, 1.54) is 30.4 Å². The zero-order valence-electron chi connectivity index (χ0n) is 20.3. The van der Waals surface area contributed by atoms with E-state index >= 15 is 0 Å². The second kappa shape index (κ2) is 8.31. The largest absolute Gasteiger partial charge is 0.488 e. The van der Waals surface area contributed by atoms with Gasteiger partial charge in [0.05, 0.1) is 22.3 Å². The number of hydrogen-bond acceptors (Lipinski definition) is 9. The Morgan fingerprint density at radius 2 is 1.95 bits per heavy atom. The third-order valence-electron chi connectivity index (χ3n) is 8.12. The molecule has 196 valence electrons. The van der Waals surface area contributed by atoms with Crippen LogP contribution >= 0.6 is 11.3 Å². The minimum Gasteiger partial charge on any atom is -0.488 e. The summed E-state index contributed by atoms with van der Waals surface area (Å²) in [5.41, 5.74) is -1.03. The maximum absolute atomic E-state index is 14.2. The van der Waals surface area contributed by atoms with Gasteiger partial charge in [0.15, 0.2) is 11.5 Å². The number of aromatic nitrogens is 1. The Morgan fingerprint density at radius 1 is 1.13 bits per heavy atom. The van der Waals surface area contributed by atoms with Crippen LogP contribution in [0.15, 0.2) is 64.5 Å². The van der Waals surface area contributed by atoms with Crippen molar-refractivity contribution in [2.24, 2.45) is 5.92 Å². The van der Waals surface area contributed by atoms with Crippen LogP contribution in [-0.4, -0.2) is 27.9 Å². The number of para-hydroxylation sites is 1. The lowest BCUT2D eigenvalue weighted by atomic mass is 9.53. The Bertz CT molecular complexity index is 1680. The summed E-state index contributed by atoms with van der Waals surface area (Å²) in [5, 5.41) is 18.0. The molecule has 39 heavy (non-hydrogen) atoms. The van der Waals surface area contributed by atoms with Crippen molar-refractivity contribution in [1.29, 1.82) is 0 Å². The van der Waals surface area contributed by atoms with Crippen LogP contribution in [0.1, 0.15) is 50.5 Å². The van der Waals surface area contributed by atoms with Gasteiger partial charge >= 0.3 is 11.7 Å². The molecule has 7 rings (SSSR count). The number of esters is 1. The summed E-state index contributed by atoms with van der Waals surface area (Å²) in [6.07, 6.45) is -0.956. The van der Waals surface area contributed by atoms with Crippen molar-refractivity contribution in [2.75, 3.05) is 0 Å². The van der Waals surface area contributed by atoms with Gasteiger partial charge in [-0.1, -0.05) is 29.4 Å². The molecule has 3 aliphatic rings. The van der Waals surface area contributed by atoms with Crippen LogP contribution in [0.25, 0.3) is 0 Å². The van der Waals surface area contributed by atoms with Crippen LogP contribution in [0.4, 0.5) is 10.1 Å². The molecule has 0 N–H and O–H groups in total. The second-order valence-corrected chi connectivity index (χ2v) is 11.0. The number of ether oxygens (including phenoxy) is 2. The minimum absolute atomic E-state index is 0.00227. The predicted octanol–water partition coefficient (Wildman–Crippen LogP) is 5.48. The van der Waals surface area contributed by atoms with Crippen molar-refractivity contribution in [1.82, 2.24) is 5.16 Å². The van der Waals surface area contributed by atoms with Crippen molar-refractivity contribution >= 4 is 28.8 Å². The van der Waals surface area contributed by atoms with Gasteiger partial charge in [-0.15, -0.1) is 11.3 Å².